The first-order chi connectivity index (χ1) is 15.5. The Balaban J connectivity index is 1.41. The average Bonchev–Trinajstić information content (AvgIpc) is 3.41. The Hall–Kier alpha value is -1.94. The van der Waals surface area contributed by atoms with Gasteiger partial charge in [0.15, 0.2) is 11.0 Å². The molecule has 4 rings (SSSR count). The van der Waals surface area contributed by atoms with Crippen LogP contribution in [0.2, 0.25) is 10.0 Å². The molecule has 1 amide bonds. The first-order valence-electron chi connectivity index (χ1n) is 10.3. The summed E-state index contributed by atoms with van der Waals surface area (Å²) >= 11 is 15.1. The number of carbonyl (C=O) groups excluding carboxylic acids is 1. The smallest absolute Gasteiger partial charge is 0.236 e. The number of nitrogens with one attached hydrogen (secondary N) is 1. The Kier molecular flexibility index (Phi) is 7.83. The number of benzene rings is 1. The van der Waals surface area contributed by atoms with E-state index in [0.29, 0.717) is 44.2 Å². The molecule has 1 aliphatic carbocycles. The molecule has 3 aromatic rings. The average molecular weight is 509 g/mol. The highest BCUT2D eigenvalue weighted by Gasteiger charge is 2.21. The van der Waals surface area contributed by atoms with Crippen LogP contribution >= 0.6 is 46.3 Å². The van der Waals surface area contributed by atoms with Gasteiger partial charge in [-0.15, -0.1) is 27.0 Å². The van der Waals surface area contributed by atoms with E-state index in [-0.39, 0.29) is 11.7 Å². The Morgan fingerprint density at radius 1 is 1.22 bits per heavy atom. The van der Waals surface area contributed by atoms with Crippen molar-refractivity contribution in [1.82, 2.24) is 25.0 Å². The lowest BCUT2D eigenvalue weighted by Gasteiger charge is -2.18. The number of thioether (sulfide) groups is 1. The number of nitrogens with zero attached hydrogens (tertiary/aromatic N) is 5. The van der Waals surface area contributed by atoms with Gasteiger partial charge in [-0.3, -0.25) is 14.7 Å². The maximum Gasteiger partial charge on any atom is 0.236 e. The largest absolute Gasteiger partial charge is 0.300 e. The van der Waals surface area contributed by atoms with Crippen molar-refractivity contribution in [2.24, 2.45) is 0 Å². The maximum atomic E-state index is 12.5. The van der Waals surface area contributed by atoms with Crippen molar-refractivity contribution in [1.29, 1.82) is 0 Å². The zero-order valence-electron chi connectivity index (χ0n) is 17.3. The second-order valence-electron chi connectivity index (χ2n) is 7.45. The third-order valence-electron chi connectivity index (χ3n) is 5.17. The lowest BCUT2D eigenvalue weighted by Crippen LogP contribution is -2.14. The van der Waals surface area contributed by atoms with Crippen LogP contribution in [-0.2, 0) is 11.3 Å². The molecule has 11 heteroatoms. The van der Waals surface area contributed by atoms with Gasteiger partial charge in [-0.25, -0.2) is 0 Å². The van der Waals surface area contributed by atoms with E-state index in [1.165, 1.54) is 42.4 Å². The summed E-state index contributed by atoms with van der Waals surface area (Å²) in [6.07, 6.45) is 7.80. The van der Waals surface area contributed by atoms with Crippen molar-refractivity contribution in [3.63, 3.8) is 0 Å². The summed E-state index contributed by atoms with van der Waals surface area (Å²) in [4.78, 5) is 12.5. The monoisotopic (exact) mass is 508 g/mol. The molecule has 2 heterocycles. The maximum absolute atomic E-state index is 12.5. The highest BCUT2D eigenvalue weighted by molar-refractivity contribution is 7.99. The van der Waals surface area contributed by atoms with Crippen LogP contribution in [0.25, 0.3) is 11.4 Å². The SMILES string of the molecule is C=CCn1c(SCC(=O)Nc2nnc(C3CCCCC3)s2)nnc1-c1ccc(Cl)cc1Cl. The van der Waals surface area contributed by atoms with Crippen LogP contribution in [-0.4, -0.2) is 36.6 Å². The van der Waals surface area contributed by atoms with E-state index in [9.17, 15) is 4.79 Å². The Morgan fingerprint density at radius 3 is 2.78 bits per heavy atom. The second kappa shape index (κ2) is 10.8. The molecule has 0 spiro atoms. The van der Waals surface area contributed by atoms with Crippen molar-refractivity contribution in [2.75, 3.05) is 11.1 Å². The molecule has 0 bridgehead atoms. The number of rotatable bonds is 8. The summed E-state index contributed by atoms with van der Waals surface area (Å²) in [5.41, 5.74) is 0.714. The molecule has 1 saturated carbocycles. The summed E-state index contributed by atoms with van der Waals surface area (Å²) in [6, 6.07) is 5.21. The summed E-state index contributed by atoms with van der Waals surface area (Å²) in [6.45, 7) is 4.29. The summed E-state index contributed by atoms with van der Waals surface area (Å²) < 4.78 is 1.87. The number of halogens is 2. The molecule has 0 aliphatic heterocycles. The van der Waals surface area contributed by atoms with E-state index in [1.807, 2.05) is 4.57 Å². The Morgan fingerprint density at radius 2 is 2.03 bits per heavy atom. The molecule has 1 N–H and O–H groups in total. The zero-order valence-corrected chi connectivity index (χ0v) is 20.4. The summed E-state index contributed by atoms with van der Waals surface area (Å²) in [5, 5.41) is 23.0. The third-order valence-corrected chi connectivity index (χ3v) is 7.69. The molecule has 1 aliphatic rings. The van der Waals surface area contributed by atoms with Gasteiger partial charge in [-0.1, -0.05) is 71.6 Å². The highest BCUT2D eigenvalue weighted by Crippen LogP contribution is 2.35. The predicted molar refractivity (Wildman–Crippen MR) is 131 cm³/mol. The fourth-order valence-electron chi connectivity index (χ4n) is 3.64. The number of amides is 1. The molecule has 0 radical (unpaired) electrons. The minimum Gasteiger partial charge on any atom is -0.300 e. The highest BCUT2D eigenvalue weighted by atomic mass is 35.5. The standard InChI is InChI=1S/C21H22Cl2N6OS2/c1-2-10-29-18(15-9-8-14(22)11-16(15)23)25-28-21(29)31-12-17(30)24-20-27-26-19(32-20)13-6-4-3-5-7-13/h2,8-9,11,13H,1,3-7,10,12H2,(H,24,27,30). The van der Waals surface area contributed by atoms with Gasteiger partial charge in [0.1, 0.15) is 5.01 Å². The van der Waals surface area contributed by atoms with Gasteiger partial charge in [-0.05, 0) is 31.0 Å². The molecule has 0 unspecified atom stereocenters. The van der Waals surface area contributed by atoms with E-state index >= 15 is 0 Å². The second-order valence-corrected chi connectivity index (χ2v) is 10.2. The van der Waals surface area contributed by atoms with Crippen LogP contribution in [0.5, 0.6) is 0 Å². The van der Waals surface area contributed by atoms with Crippen molar-refractivity contribution in [3.05, 3.63) is 45.9 Å². The number of aromatic nitrogens is 5. The van der Waals surface area contributed by atoms with Crippen LogP contribution in [0.4, 0.5) is 5.13 Å². The van der Waals surface area contributed by atoms with Crippen LogP contribution in [0.3, 0.4) is 0 Å². The topological polar surface area (TPSA) is 85.6 Å². The molecule has 2 aromatic heterocycles. The molecule has 0 saturated heterocycles. The fraction of sp³-hybridized carbons (Fsp3) is 0.381. The van der Waals surface area contributed by atoms with Crippen LogP contribution < -0.4 is 5.32 Å². The van der Waals surface area contributed by atoms with Crippen LogP contribution in [0.15, 0.2) is 36.0 Å². The number of hydrogen-bond acceptors (Lipinski definition) is 7. The molecule has 1 aromatic carbocycles. The number of anilines is 1. The predicted octanol–water partition coefficient (Wildman–Crippen LogP) is 6.07. The number of allylic oxidation sites excluding steroid dienone is 1. The van der Waals surface area contributed by atoms with Gasteiger partial charge < -0.3 is 0 Å². The van der Waals surface area contributed by atoms with Crippen LogP contribution in [0, 0.1) is 0 Å². The normalized spacial score (nSPS) is 14.4. The molecule has 1 fully saturated rings. The first kappa shape index (κ1) is 23.2. The quantitative estimate of drug-likeness (QED) is 0.293. The minimum atomic E-state index is -0.166. The van der Waals surface area contributed by atoms with Crippen molar-refractivity contribution in [2.45, 2.75) is 49.7 Å². The van der Waals surface area contributed by atoms with Crippen molar-refractivity contribution >= 4 is 57.3 Å². The molecule has 0 atom stereocenters. The lowest BCUT2D eigenvalue weighted by atomic mass is 9.90. The minimum absolute atomic E-state index is 0.166. The van der Waals surface area contributed by atoms with Gasteiger partial charge in [-0.2, -0.15) is 0 Å². The third kappa shape index (κ3) is 5.51. The Bertz CT molecular complexity index is 1110. The van der Waals surface area contributed by atoms with Gasteiger partial charge >= 0.3 is 0 Å². The van der Waals surface area contributed by atoms with Gasteiger partial charge in [0.25, 0.3) is 0 Å². The van der Waals surface area contributed by atoms with E-state index in [0.717, 1.165) is 17.8 Å². The molecule has 7 nitrogen and oxygen atoms in total. The lowest BCUT2D eigenvalue weighted by molar-refractivity contribution is -0.113. The zero-order chi connectivity index (χ0) is 22.5. The van der Waals surface area contributed by atoms with Crippen molar-refractivity contribution < 1.29 is 4.79 Å². The first-order valence-corrected chi connectivity index (χ1v) is 12.9. The summed E-state index contributed by atoms with van der Waals surface area (Å²) in [5.74, 6) is 1.07. The summed E-state index contributed by atoms with van der Waals surface area (Å²) in [7, 11) is 0. The molecule has 32 heavy (non-hydrogen) atoms. The van der Waals surface area contributed by atoms with E-state index < -0.39 is 0 Å². The van der Waals surface area contributed by atoms with E-state index in [2.05, 4.69) is 32.3 Å². The molecular formula is C21H22Cl2N6OS2. The van der Waals surface area contributed by atoms with Gasteiger partial charge in [0.05, 0.1) is 10.8 Å². The van der Waals surface area contributed by atoms with Gasteiger partial charge in [0.2, 0.25) is 11.0 Å². The van der Waals surface area contributed by atoms with Crippen LogP contribution in [0.1, 0.15) is 43.0 Å². The fourth-order valence-corrected chi connectivity index (χ4v) is 5.81. The molecular weight excluding hydrogens is 487 g/mol. The number of carbonyl (C=O) groups is 1. The number of hydrogen-bond donors (Lipinski definition) is 1. The van der Waals surface area contributed by atoms with E-state index in [1.54, 1.807) is 24.3 Å². The van der Waals surface area contributed by atoms with E-state index in [4.69, 9.17) is 23.2 Å². The Labute approximate surface area is 204 Å². The van der Waals surface area contributed by atoms with Gasteiger partial charge in [0, 0.05) is 23.0 Å². The molecule has 168 valence electrons. The van der Waals surface area contributed by atoms with Crippen molar-refractivity contribution in [3.8, 4) is 11.4 Å².